The van der Waals surface area contributed by atoms with Crippen molar-refractivity contribution >= 4 is 9.84 Å². The second kappa shape index (κ2) is 12.3. The molecule has 0 radical (unpaired) electrons. The number of hydrogen-bond acceptors (Lipinski definition) is 6. The van der Waals surface area contributed by atoms with Gasteiger partial charge in [-0.2, -0.15) is 0 Å². The molecule has 2 heterocycles. The fourth-order valence-corrected chi connectivity index (χ4v) is 6.68. The molecular formula is C31H36N2O4S. The smallest absolute Gasteiger partial charge is 0.175 e. The van der Waals surface area contributed by atoms with Crippen molar-refractivity contribution < 1.29 is 17.9 Å². The standard InChI is InChI=1S/C31H36N2O4S/c1-2-30(32-16-18-36-19-17-32)37-29-15-9-10-25(20-29)23-38(34,35)24-26-21-33(22-26)31(27-11-5-3-6-12-27)28-13-7-4-8-14-28/h3-15,20,24,30-31H,2,16-19,21-23H2,1H3. The van der Waals surface area contributed by atoms with E-state index in [4.69, 9.17) is 9.47 Å². The van der Waals surface area contributed by atoms with E-state index in [0.29, 0.717) is 32.1 Å². The molecular weight excluding hydrogens is 496 g/mol. The SMILES string of the molecule is CCC(Oc1cccc(CS(=O)(=O)C=C2CN(C(c3ccccc3)c3ccccc3)C2)c1)N1CCOCC1. The van der Waals surface area contributed by atoms with Crippen molar-refractivity contribution in [2.75, 3.05) is 39.4 Å². The number of morpholine rings is 1. The number of sulfone groups is 1. The van der Waals surface area contributed by atoms with Gasteiger partial charge in [0.2, 0.25) is 0 Å². The van der Waals surface area contributed by atoms with Crippen LogP contribution < -0.4 is 4.74 Å². The largest absolute Gasteiger partial charge is 0.475 e. The minimum Gasteiger partial charge on any atom is -0.475 e. The molecule has 200 valence electrons. The van der Waals surface area contributed by atoms with Gasteiger partial charge in [0, 0.05) is 31.6 Å². The Morgan fingerprint density at radius 2 is 1.50 bits per heavy atom. The summed E-state index contributed by atoms with van der Waals surface area (Å²) in [4.78, 5) is 4.59. The number of likely N-dealkylation sites (tertiary alicyclic amines) is 1. The third kappa shape index (κ3) is 6.72. The van der Waals surface area contributed by atoms with E-state index in [1.807, 2.05) is 60.7 Å². The van der Waals surface area contributed by atoms with Crippen molar-refractivity contribution in [3.05, 3.63) is 113 Å². The maximum absolute atomic E-state index is 13.1. The minimum atomic E-state index is -3.42. The minimum absolute atomic E-state index is 0.0388. The normalized spacial score (nSPS) is 17.7. The van der Waals surface area contributed by atoms with Crippen LogP contribution in [0.15, 0.2) is 95.9 Å². The van der Waals surface area contributed by atoms with Crippen LogP contribution in [0.1, 0.15) is 36.1 Å². The molecule has 2 saturated heterocycles. The number of ether oxygens (including phenoxy) is 2. The van der Waals surface area contributed by atoms with Gasteiger partial charge in [0.05, 0.1) is 25.0 Å². The van der Waals surface area contributed by atoms with E-state index < -0.39 is 9.84 Å². The second-order valence-electron chi connectivity index (χ2n) is 9.99. The first kappa shape index (κ1) is 26.6. The first-order valence-electron chi connectivity index (χ1n) is 13.3. The van der Waals surface area contributed by atoms with Crippen molar-refractivity contribution in [3.63, 3.8) is 0 Å². The fourth-order valence-electron chi connectivity index (χ4n) is 5.29. The van der Waals surface area contributed by atoms with Gasteiger partial charge in [0.1, 0.15) is 5.75 Å². The van der Waals surface area contributed by atoms with Crippen LogP contribution in [0.4, 0.5) is 0 Å². The van der Waals surface area contributed by atoms with Crippen molar-refractivity contribution in [3.8, 4) is 5.75 Å². The van der Waals surface area contributed by atoms with Gasteiger partial charge in [-0.05, 0) is 40.8 Å². The van der Waals surface area contributed by atoms with Gasteiger partial charge in [0.25, 0.3) is 0 Å². The first-order valence-corrected chi connectivity index (χ1v) is 15.1. The third-order valence-corrected chi connectivity index (χ3v) is 8.52. The Morgan fingerprint density at radius 3 is 2.11 bits per heavy atom. The Balaban J connectivity index is 1.24. The summed E-state index contributed by atoms with van der Waals surface area (Å²) in [5.41, 5.74) is 4.09. The molecule has 6 nitrogen and oxygen atoms in total. The Kier molecular flexibility index (Phi) is 8.59. The molecule has 38 heavy (non-hydrogen) atoms. The maximum Gasteiger partial charge on any atom is 0.175 e. The molecule has 2 aliphatic rings. The molecule has 7 heteroatoms. The molecule has 0 bridgehead atoms. The second-order valence-corrected chi connectivity index (χ2v) is 11.8. The number of hydrogen-bond donors (Lipinski definition) is 0. The molecule has 0 amide bonds. The lowest BCUT2D eigenvalue weighted by Crippen LogP contribution is -2.46. The van der Waals surface area contributed by atoms with Crippen molar-refractivity contribution in [2.45, 2.75) is 31.4 Å². The van der Waals surface area contributed by atoms with E-state index >= 15 is 0 Å². The van der Waals surface area contributed by atoms with Crippen LogP contribution in [0, 0.1) is 0 Å². The van der Waals surface area contributed by atoms with Crippen LogP contribution in [0.5, 0.6) is 5.75 Å². The Hall–Kier alpha value is -2.97. The lowest BCUT2D eigenvalue weighted by atomic mass is 9.93. The van der Waals surface area contributed by atoms with Crippen LogP contribution in [-0.2, 0) is 20.3 Å². The summed E-state index contributed by atoms with van der Waals surface area (Å²) in [6.07, 6.45) is 0.800. The summed E-state index contributed by atoms with van der Waals surface area (Å²) in [6, 6.07) is 28.3. The van der Waals surface area contributed by atoms with Crippen LogP contribution in [0.3, 0.4) is 0 Å². The van der Waals surface area contributed by atoms with Gasteiger partial charge in [-0.3, -0.25) is 9.80 Å². The quantitative estimate of drug-likeness (QED) is 0.365. The predicted octanol–water partition coefficient (Wildman–Crippen LogP) is 5.04. The van der Waals surface area contributed by atoms with Crippen LogP contribution in [0.25, 0.3) is 0 Å². The Labute approximate surface area is 226 Å². The molecule has 2 fully saturated rings. The highest BCUT2D eigenvalue weighted by Gasteiger charge is 2.31. The highest BCUT2D eigenvalue weighted by atomic mass is 32.2. The topological polar surface area (TPSA) is 59.1 Å². The van der Waals surface area contributed by atoms with Gasteiger partial charge < -0.3 is 9.47 Å². The summed E-state index contributed by atoms with van der Waals surface area (Å²) in [7, 11) is -3.42. The van der Waals surface area contributed by atoms with E-state index in [2.05, 4.69) is 41.0 Å². The summed E-state index contributed by atoms with van der Waals surface area (Å²) < 4.78 is 37.9. The summed E-state index contributed by atoms with van der Waals surface area (Å²) in [6.45, 7) is 6.47. The molecule has 0 aromatic heterocycles. The Bertz CT molecular complexity index is 1270. The molecule has 5 rings (SSSR count). The van der Waals surface area contributed by atoms with Gasteiger partial charge in [-0.25, -0.2) is 8.42 Å². The zero-order valence-electron chi connectivity index (χ0n) is 21.9. The van der Waals surface area contributed by atoms with Gasteiger partial charge in [-0.1, -0.05) is 79.7 Å². The van der Waals surface area contributed by atoms with E-state index in [-0.39, 0.29) is 18.0 Å². The van der Waals surface area contributed by atoms with Crippen molar-refractivity contribution in [1.82, 2.24) is 9.80 Å². The summed E-state index contributed by atoms with van der Waals surface area (Å²) in [5, 5.41) is 1.48. The average Bonchev–Trinajstić information content (AvgIpc) is 2.92. The number of rotatable bonds is 10. The van der Waals surface area contributed by atoms with Crippen molar-refractivity contribution in [1.29, 1.82) is 0 Å². The molecule has 3 aromatic rings. The van der Waals surface area contributed by atoms with E-state index in [1.54, 1.807) is 0 Å². The van der Waals surface area contributed by atoms with Gasteiger partial charge >= 0.3 is 0 Å². The highest BCUT2D eigenvalue weighted by molar-refractivity contribution is 7.93. The van der Waals surface area contributed by atoms with Crippen LogP contribution in [-0.4, -0.2) is 63.8 Å². The molecule has 2 aliphatic heterocycles. The van der Waals surface area contributed by atoms with E-state index in [0.717, 1.165) is 30.6 Å². The predicted molar refractivity (Wildman–Crippen MR) is 151 cm³/mol. The van der Waals surface area contributed by atoms with Gasteiger partial charge in [-0.15, -0.1) is 0 Å². The highest BCUT2D eigenvalue weighted by Crippen LogP contribution is 2.34. The van der Waals surface area contributed by atoms with E-state index in [1.165, 1.54) is 16.5 Å². The molecule has 1 unspecified atom stereocenters. The van der Waals surface area contributed by atoms with Gasteiger partial charge in [0.15, 0.2) is 16.1 Å². The third-order valence-electron chi connectivity index (χ3n) is 7.09. The molecule has 0 aliphatic carbocycles. The fraction of sp³-hybridized carbons (Fsp3) is 0.355. The molecule has 3 aromatic carbocycles. The average molecular weight is 533 g/mol. The molecule has 0 N–H and O–H groups in total. The zero-order chi connectivity index (χ0) is 26.4. The lowest BCUT2D eigenvalue weighted by Gasteiger charge is -2.41. The van der Waals surface area contributed by atoms with Crippen LogP contribution in [0.2, 0.25) is 0 Å². The maximum atomic E-state index is 13.1. The number of benzene rings is 3. The lowest BCUT2D eigenvalue weighted by molar-refractivity contribution is -0.0468. The molecule has 1 atom stereocenters. The molecule has 0 spiro atoms. The number of nitrogens with zero attached hydrogens (tertiary/aromatic N) is 2. The van der Waals surface area contributed by atoms with Crippen LogP contribution >= 0.6 is 0 Å². The Morgan fingerprint density at radius 1 is 0.868 bits per heavy atom. The first-order chi connectivity index (χ1) is 18.5. The summed E-state index contributed by atoms with van der Waals surface area (Å²) in [5.74, 6) is 0.662. The molecule has 0 saturated carbocycles. The monoisotopic (exact) mass is 532 g/mol. The zero-order valence-corrected chi connectivity index (χ0v) is 22.7. The van der Waals surface area contributed by atoms with Crippen molar-refractivity contribution in [2.24, 2.45) is 0 Å². The summed E-state index contributed by atoms with van der Waals surface area (Å²) >= 11 is 0. The van der Waals surface area contributed by atoms with E-state index in [9.17, 15) is 8.42 Å².